The number of hydrogen-bond donors (Lipinski definition) is 3. The van der Waals surface area contributed by atoms with Gasteiger partial charge in [0.15, 0.2) is 0 Å². The number of amides is 3. The van der Waals surface area contributed by atoms with Gasteiger partial charge < -0.3 is 16.0 Å². The third-order valence-electron chi connectivity index (χ3n) is 3.98. The molecule has 0 spiro atoms. The molecule has 29 heavy (non-hydrogen) atoms. The molecule has 0 atom stereocenters. The van der Waals surface area contributed by atoms with Crippen LogP contribution in [0.25, 0.3) is 0 Å². The van der Waals surface area contributed by atoms with Crippen molar-refractivity contribution in [3.63, 3.8) is 0 Å². The van der Waals surface area contributed by atoms with E-state index in [-0.39, 0.29) is 23.3 Å². The molecule has 0 aliphatic heterocycles. The summed E-state index contributed by atoms with van der Waals surface area (Å²) in [7, 11) is 0. The second-order valence-electron chi connectivity index (χ2n) is 9.02. The number of anilines is 2. The van der Waals surface area contributed by atoms with E-state index >= 15 is 0 Å². The predicted octanol–water partition coefficient (Wildman–Crippen LogP) is 4.45. The van der Waals surface area contributed by atoms with E-state index in [2.05, 4.69) is 16.0 Å². The van der Waals surface area contributed by atoms with E-state index in [1.807, 2.05) is 41.5 Å². The fourth-order valence-corrected chi connectivity index (χ4v) is 2.34. The monoisotopic (exact) mass is 395 g/mol. The first-order chi connectivity index (χ1) is 13.3. The molecule has 0 bridgehead atoms. The molecule has 6 nitrogen and oxygen atoms in total. The summed E-state index contributed by atoms with van der Waals surface area (Å²) >= 11 is 0. The predicted molar refractivity (Wildman–Crippen MR) is 116 cm³/mol. The van der Waals surface area contributed by atoms with Gasteiger partial charge in [0.25, 0.3) is 11.8 Å². The zero-order valence-electron chi connectivity index (χ0n) is 17.8. The van der Waals surface area contributed by atoms with Gasteiger partial charge >= 0.3 is 0 Å². The molecular formula is C23H29N3O3. The molecular weight excluding hydrogens is 366 g/mol. The lowest BCUT2D eigenvalue weighted by Crippen LogP contribution is -2.40. The van der Waals surface area contributed by atoms with E-state index in [4.69, 9.17) is 0 Å². The van der Waals surface area contributed by atoms with Crippen molar-refractivity contribution in [1.29, 1.82) is 0 Å². The average molecular weight is 396 g/mol. The molecule has 0 radical (unpaired) electrons. The van der Waals surface area contributed by atoms with Crippen molar-refractivity contribution < 1.29 is 14.4 Å². The molecule has 0 fully saturated rings. The molecule has 0 saturated carbocycles. The van der Waals surface area contributed by atoms with Crippen molar-refractivity contribution in [3.05, 3.63) is 59.7 Å². The Hall–Kier alpha value is -3.15. The molecule has 2 aromatic rings. The van der Waals surface area contributed by atoms with E-state index in [0.717, 1.165) is 0 Å². The van der Waals surface area contributed by atoms with E-state index in [9.17, 15) is 14.4 Å². The standard InChI is InChI=1S/C23H29N3O3/c1-22(2,3)21(29)25-18-13-7-15(8-14-18)19(27)24-17-11-9-16(10-12-17)20(28)26-23(4,5)6/h7-14H,1-6H3,(H,24,27)(H,25,29)(H,26,28). The van der Waals surface area contributed by atoms with Crippen LogP contribution in [0.15, 0.2) is 48.5 Å². The zero-order chi connectivity index (χ0) is 21.8. The summed E-state index contributed by atoms with van der Waals surface area (Å²) in [5, 5.41) is 8.51. The molecule has 0 heterocycles. The van der Waals surface area contributed by atoms with Crippen LogP contribution in [0.3, 0.4) is 0 Å². The Balaban J connectivity index is 1.99. The molecule has 3 N–H and O–H groups in total. The highest BCUT2D eigenvalue weighted by Gasteiger charge is 2.21. The van der Waals surface area contributed by atoms with Gasteiger partial charge in [0, 0.05) is 33.5 Å². The highest BCUT2D eigenvalue weighted by Crippen LogP contribution is 2.18. The lowest BCUT2D eigenvalue weighted by atomic mass is 9.95. The minimum absolute atomic E-state index is 0.0923. The van der Waals surface area contributed by atoms with Crippen LogP contribution in [-0.2, 0) is 4.79 Å². The third kappa shape index (κ3) is 6.75. The third-order valence-corrected chi connectivity index (χ3v) is 3.98. The largest absolute Gasteiger partial charge is 0.347 e. The Morgan fingerprint density at radius 1 is 0.621 bits per heavy atom. The maximum Gasteiger partial charge on any atom is 0.255 e. The second kappa shape index (κ2) is 8.47. The fraction of sp³-hybridized carbons (Fsp3) is 0.348. The first-order valence-electron chi connectivity index (χ1n) is 9.51. The Labute approximate surface area is 172 Å². The van der Waals surface area contributed by atoms with Gasteiger partial charge in [-0.25, -0.2) is 0 Å². The van der Waals surface area contributed by atoms with Gasteiger partial charge in [-0.1, -0.05) is 20.8 Å². The minimum Gasteiger partial charge on any atom is -0.347 e. The van der Waals surface area contributed by atoms with Crippen LogP contribution in [-0.4, -0.2) is 23.3 Å². The van der Waals surface area contributed by atoms with Gasteiger partial charge in [-0.3, -0.25) is 14.4 Å². The lowest BCUT2D eigenvalue weighted by molar-refractivity contribution is -0.123. The van der Waals surface area contributed by atoms with Gasteiger partial charge in [0.2, 0.25) is 5.91 Å². The Morgan fingerprint density at radius 2 is 1.03 bits per heavy atom. The van der Waals surface area contributed by atoms with Crippen LogP contribution in [0.2, 0.25) is 0 Å². The normalized spacial score (nSPS) is 11.5. The number of carbonyl (C=O) groups is 3. The van der Waals surface area contributed by atoms with Crippen LogP contribution >= 0.6 is 0 Å². The van der Waals surface area contributed by atoms with Crippen molar-refractivity contribution >= 4 is 29.1 Å². The Morgan fingerprint density at radius 3 is 1.45 bits per heavy atom. The average Bonchev–Trinajstić information content (AvgIpc) is 2.60. The number of benzene rings is 2. The smallest absolute Gasteiger partial charge is 0.255 e. The van der Waals surface area contributed by atoms with Gasteiger partial charge in [-0.2, -0.15) is 0 Å². The first-order valence-corrected chi connectivity index (χ1v) is 9.51. The van der Waals surface area contributed by atoms with Crippen LogP contribution in [0, 0.1) is 5.41 Å². The second-order valence-corrected chi connectivity index (χ2v) is 9.02. The maximum absolute atomic E-state index is 12.4. The molecule has 0 aliphatic carbocycles. The molecule has 154 valence electrons. The van der Waals surface area contributed by atoms with Gasteiger partial charge in [-0.15, -0.1) is 0 Å². The quantitative estimate of drug-likeness (QED) is 0.715. The SMILES string of the molecule is CC(C)(C)NC(=O)c1ccc(NC(=O)c2ccc(NC(=O)C(C)(C)C)cc2)cc1. The van der Waals surface area contributed by atoms with Crippen molar-refractivity contribution in [2.45, 2.75) is 47.1 Å². The number of carbonyl (C=O) groups excluding carboxylic acids is 3. The minimum atomic E-state index is -0.494. The summed E-state index contributed by atoms with van der Waals surface area (Å²) < 4.78 is 0. The highest BCUT2D eigenvalue weighted by atomic mass is 16.2. The topological polar surface area (TPSA) is 87.3 Å². The van der Waals surface area contributed by atoms with Crippen molar-refractivity contribution in [2.24, 2.45) is 5.41 Å². The van der Waals surface area contributed by atoms with E-state index in [0.29, 0.717) is 22.5 Å². The van der Waals surface area contributed by atoms with Crippen molar-refractivity contribution in [2.75, 3.05) is 10.6 Å². The van der Waals surface area contributed by atoms with Crippen LogP contribution in [0.1, 0.15) is 62.3 Å². The van der Waals surface area contributed by atoms with Gasteiger partial charge in [-0.05, 0) is 69.3 Å². The summed E-state index contributed by atoms with van der Waals surface area (Å²) in [6.45, 7) is 11.3. The molecule has 2 rings (SSSR count). The lowest BCUT2D eigenvalue weighted by Gasteiger charge is -2.20. The van der Waals surface area contributed by atoms with E-state index in [1.165, 1.54) is 0 Å². The number of nitrogens with one attached hydrogen (secondary N) is 3. The molecule has 0 aromatic heterocycles. The van der Waals surface area contributed by atoms with Crippen LogP contribution in [0.4, 0.5) is 11.4 Å². The molecule has 0 unspecified atom stereocenters. The summed E-state index contributed by atoms with van der Waals surface area (Å²) in [5.74, 6) is -0.529. The van der Waals surface area contributed by atoms with Crippen molar-refractivity contribution in [3.8, 4) is 0 Å². The highest BCUT2D eigenvalue weighted by molar-refractivity contribution is 6.05. The van der Waals surface area contributed by atoms with Crippen LogP contribution in [0.5, 0.6) is 0 Å². The Kier molecular flexibility index (Phi) is 6.47. The molecule has 3 amide bonds. The summed E-state index contributed by atoms with van der Waals surface area (Å²) in [5.41, 5.74) is 1.40. The number of hydrogen-bond acceptors (Lipinski definition) is 3. The first kappa shape index (κ1) is 22.1. The molecule has 2 aromatic carbocycles. The Bertz CT molecular complexity index is 887. The molecule has 0 aliphatic rings. The summed E-state index contributed by atoms with van der Waals surface area (Å²) in [6, 6.07) is 13.4. The molecule has 6 heteroatoms. The van der Waals surface area contributed by atoms with E-state index in [1.54, 1.807) is 48.5 Å². The fourth-order valence-electron chi connectivity index (χ4n) is 2.34. The van der Waals surface area contributed by atoms with Crippen LogP contribution < -0.4 is 16.0 Å². The maximum atomic E-state index is 12.4. The van der Waals surface area contributed by atoms with E-state index < -0.39 is 5.41 Å². The van der Waals surface area contributed by atoms with Gasteiger partial charge in [0.1, 0.15) is 0 Å². The van der Waals surface area contributed by atoms with Crippen molar-refractivity contribution in [1.82, 2.24) is 5.32 Å². The summed E-state index contributed by atoms with van der Waals surface area (Å²) in [4.78, 5) is 36.6. The zero-order valence-corrected chi connectivity index (χ0v) is 17.8. The molecule has 0 saturated heterocycles. The summed E-state index contributed by atoms with van der Waals surface area (Å²) in [6.07, 6.45) is 0. The number of rotatable bonds is 4. The van der Waals surface area contributed by atoms with Gasteiger partial charge in [0.05, 0.1) is 0 Å².